The number of anilines is 1. The summed E-state index contributed by atoms with van der Waals surface area (Å²) < 4.78 is 2.05. The third-order valence-corrected chi connectivity index (χ3v) is 7.53. The van der Waals surface area contributed by atoms with E-state index in [9.17, 15) is 4.79 Å². The lowest BCUT2D eigenvalue weighted by atomic mass is 10.1. The number of nitrogens with one attached hydrogen (secondary N) is 1. The SMILES string of the molecule is CCc1cc(-c2nnc(SCC(=O)Nc3nc(-c4ccc(C)cc4)cs3)n2CC)cs1. The molecule has 1 N–H and O–H groups in total. The third-order valence-electron chi connectivity index (χ3n) is 4.72. The molecule has 3 heterocycles. The van der Waals surface area contributed by atoms with Gasteiger partial charge in [0.15, 0.2) is 16.1 Å². The van der Waals surface area contributed by atoms with Crippen LogP contribution in [0, 0.1) is 6.92 Å². The number of aryl methyl sites for hydroxylation is 2. The van der Waals surface area contributed by atoms with Gasteiger partial charge in [0.25, 0.3) is 0 Å². The van der Waals surface area contributed by atoms with E-state index in [0.717, 1.165) is 40.8 Å². The average molecular weight is 470 g/mol. The molecule has 4 aromatic rings. The highest BCUT2D eigenvalue weighted by molar-refractivity contribution is 7.99. The minimum Gasteiger partial charge on any atom is -0.302 e. The Morgan fingerprint density at radius 1 is 1.10 bits per heavy atom. The second kappa shape index (κ2) is 9.76. The van der Waals surface area contributed by atoms with Gasteiger partial charge in [-0.25, -0.2) is 4.98 Å². The summed E-state index contributed by atoms with van der Waals surface area (Å²) in [6.07, 6.45) is 1.01. The summed E-state index contributed by atoms with van der Waals surface area (Å²) in [6.45, 7) is 7.01. The summed E-state index contributed by atoms with van der Waals surface area (Å²) in [4.78, 5) is 18.3. The molecule has 9 heteroatoms. The molecule has 160 valence electrons. The summed E-state index contributed by atoms with van der Waals surface area (Å²) in [6, 6.07) is 10.4. The minimum atomic E-state index is -0.106. The van der Waals surface area contributed by atoms with Crippen molar-refractivity contribution >= 4 is 45.5 Å². The van der Waals surface area contributed by atoms with E-state index in [-0.39, 0.29) is 11.7 Å². The Labute approximate surface area is 193 Å². The van der Waals surface area contributed by atoms with E-state index in [1.54, 1.807) is 11.3 Å². The summed E-state index contributed by atoms with van der Waals surface area (Å²) in [5.74, 6) is 0.997. The first kappa shape index (κ1) is 21.7. The van der Waals surface area contributed by atoms with Crippen LogP contribution >= 0.6 is 34.4 Å². The molecule has 1 aromatic carbocycles. The number of nitrogens with zero attached hydrogens (tertiary/aromatic N) is 4. The van der Waals surface area contributed by atoms with Gasteiger partial charge in [0.05, 0.1) is 11.4 Å². The van der Waals surface area contributed by atoms with Crippen molar-refractivity contribution in [2.75, 3.05) is 11.1 Å². The van der Waals surface area contributed by atoms with E-state index < -0.39 is 0 Å². The van der Waals surface area contributed by atoms with Gasteiger partial charge in [0.1, 0.15) is 0 Å². The molecule has 0 saturated heterocycles. The molecule has 0 atom stereocenters. The predicted octanol–water partition coefficient (Wildman–Crippen LogP) is 5.75. The zero-order valence-electron chi connectivity index (χ0n) is 17.6. The van der Waals surface area contributed by atoms with Crippen LogP contribution in [0.5, 0.6) is 0 Å². The topological polar surface area (TPSA) is 72.7 Å². The van der Waals surface area contributed by atoms with Gasteiger partial charge in [0, 0.05) is 33.3 Å². The van der Waals surface area contributed by atoms with Crippen LogP contribution in [0.2, 0.25) is 0 Å². The first-order chi connectivity index (χ1) is 15.1. The van der Waals surface area contributed by atoms with Gasteiger partial charge in [-0.1, -0.05) is 48.5 Å². The maximum atomic E-state index is 12.5. The monoisotopic (exact) mass is 469 g/mol. The van der Waals surface area contributed by atoms with Crippen molar-refractivity contribution in [1.82, 2.24) is 19.7 Å². The second-order valence-corrected chi connectivity index (χ2v) is 9.74. The average Bonchev–Trinajstić information content (AvgIpc) is 3.51. The van der Waals surface area contributed by atoms with Crippen LogP contribution in [-0.4, -0.2) is 31.4 Å². The van der Waals surface area contributed by atoms with Gasteiger partial charge >= 0.3 is 0 Å². The standard InChI is InChI=1S/C22H23N5OS3/c1-4-17-10-16(11-29-17)20-25-26-22(27(20)5-2)31-13-19(28)24-21-23-18(12-30-21)15-8-6-14(3)7-9-15/h6-12H,4-5,13H2,1-3H3,(H,23,24,28). The van der Waals surface area contributed by atoms with Crippen molar-refractivity contribution in [3.63, 3.8) is 0 Å². The van der Waals surface area contributed by atoms with Gasteiger partial charge in [-0.3, -0.25) is 4.79 Å². The number of thiophene rings is 1. The van der Waals surface area contributed by atoms with Crippen molar-refractivity contribution in [2.45, 2.75) is 38.9 Å². The van der Waals surface area contributed by atoms with Crippen LogP contribution in [0.25, 0.3) is 22.6 Å². The Hall–Kier alpha value is -2.49. The smallest absolute Gasteiger partial charge is 0.236 e. The van der Waals surface area contributed by atoms with Crippen molar-refractivity contribution in [2.24, 2.45) is 0 Å². The normalized spacial score (nSPS) is 11.1. The van der Waals surface area contributed by atoms with Gasteiger partial charge in [-0.2, -0.15) is 0 Å². The number of aromatic nitrogens is 4. The maximum Gasteiger partial charge on any atom is 0.236 e. The van der Waals surface area contributed by atoms with E-state index in [4.69, 9.17) is 0 Å². The molecule has 3 aromatic heterocycles. The highest BCUT2D eigenvalue weighted by atomic mass is 32.2. The molecule has 4 rings (SSSR count). The second-order valence-electron chi connectivity index (χ2n) is 6.95. The number of hydrogen-bond donors (Lipinski definition) is 1. The molecule has 0 saturated carbocycles. The molecule has 0 spiro atoms. The Balaban J connectivity index is 1.38. The summed E-state index contributed by atoms with van der Waals surface area (Å²) in [7, 11) is 0. The molecule has 6 nitrogen and oxygen atoms in total. The van der Waals surface area contributed by atoms with E-state index in [1.807, 2.05) is 17.5 Å². The molecule has 0 aliphatic rings. The molecule has 0 aliphatic heterocycles. The van der Waals surface area contributed by atoms with E-state index >= 15 is 0 Å². The predicted molar refractivity (Wildman–Crippen MR) is 130 cm³/mol. The number of rotatable bonds is 8. The number of carbonyl (C=O) groups excluding carboxylic acids is 1. The van der Waals surface area contributed by atoms with Crippen LogP contribution in [-0.2, 0) is 17.8 Å². The van der Waals surface area contributed by atoms with Crippen molar-refractivity contribution in [1.29, 1.82) is 0 Å². The number of thioether (sulfide) groups is 1. The number of thiazole rings is 1. The molecule has 0 bridgehead atoms. The van der Waals surface area contributed by atoms with E-state index in [1.165, 1.54) is 33.5 Å². The summed E-state index contributed by atoms with van der Waals surface area (Å²) >= 11 is 4.55. The van der Waals surface area contributed by atoms with Crippen LogP contribution in [0.4, 0.5) is 5.13 Å². The fourth-order valence-electron chi connectivity index (χ4n) is 3.05. The number of amides is 1. The lowest BCUT2D eigenvalue weighted by Gasteiger charge is -2.06. The molecule has 0 fully saturated rings. The fraction of sp³-hybridized carbons (Fsp3) is 0.273. The zero-order valence-corrected chi connectivity index (χ0v) is 20.0. The molecular weight excluding hydrogens is 446 g/mol. The lowest BCUT2D eigenvalue weighted by molar-refractivity contribution is -0.113. The van der Waals surface area contributed by atoms with Gasteiger partial charge in [0.2, 0.25) is 5.91 Å². The number of carbonyl (C=O) groups is 1. The number of hydrogen-bond acceptors (Lipinski definition) is 7. The van der Waals surface area contributed by atoms with Gasteiger partial charge < -0.3 is 9.88 Å². The van der Waals surface area contributed by atoms with E-state index in [2.05, 4.69) is 69.4 Å². The van der Waals surface area contributed by atoms with Crippen molar-refractivity contribution in [3.8, 4) is 22.6 Å². The third kappa shape index (κ3) is 5.06. The largest absolute Gasteiger partial charge is 0.302 e. The zero-order chi connectivity index (χ0) is 21.8. The molecule has 0 unspecified atom stereocenters. The van der Waals surface area contributed by atoms with Gasteiger partial charge in [-0.05, 0) is 26.3 Å². The minimum absolute atomic E-state index is 0.106. The molecule has 1 amide bonds. The van der Waals surface area contributed by atoms with Crippen LogP contribution in [0.1, 0.15) is 24.3 Å². The molecule has 0 aliphatic carbocycles. The van der Waals surface area contributed by atoms with Crippen LogP contribution in [0.3, 0.4) is 0 Å². The first-order valence-corrected chi connectivity index (χ1v) is 12.8. The Kier molecular flexibility index (Phi) is 6.84. The van der Waals surface area contributed by atoms with Crippen molar-refractivity contribution in [3.05, 3.63) is 51.5 Å². The van der Waals surface area contributed by atoms with Crippen molar-refractivity contribution < 1.29 is 4.79 Å². The highest BCUT2D eigenvalue weighted by Crippen LogP contribution is 2.29. The van der Waals surface area contributed by atoms with E-state index in [0.29, 0.717) is 5.13 Å². The van der Waals surface area contributed by atoms with Gasteiger partial charge in [-0.15, -0.1) is 32.9 Å². The maximum absolute atomic E-state index is 12.5. The fourth-order valence-corrected chi connectivity index (χ4v) is 5.40. The van der Waals surface area contributed by atoms with Crippen LogP contribution < -0.4 is 5.32 Å². The Bertz CT molecular complexity index is 1180. The summed E-state index contributed by atoms with van der Waals surface area (Å²) in [5.41, 5.74) is 4.20. The quantitative estimate of drug-likeness (QED) is 0.333. The number of benzene rings is 1. The molecule has 31 heavy (non-hydrogen) atoms. The molecular formula is C22H23N5OS3. The highest BCUT2D eigenvalue weighted by Gasteiger charge is 2.16. The first-order valence-electron chi connectivity index (χ1n) is 10.0. The van der Waals surface area contributed by atoms with Crippen LogP contribution in [0.15, 0.2) is 46.2 Å². The molecule has 0 radical (unpaired) electrons. The summed E-state index contributed by atoms with van der Waals surface area (Å²) in [5, 5.41) is 17.0. The Morgan fingerprint density at radius 2 is 1.90 bits per heavy atom. The Morgan fingerprint density at radius 3 is 2.61 bits per heavy atom. The lowest BCUT2D eigenvalue weighted by Crippen LogP contribution is -2.14.